The van der Waals surface area contributed by atoms with Gasteiger partial charge in [-0.15, -0.1) is 0 Å². The number of hydrogen-bond acceptors (Lipinski definition) is 2. The average Bonchev–Trinajstić information content (AvgIpc) is 2.41. The Morgan fingerprint density at radius 1 is 1.17 bits per heavy atom. The molecule has 100 valence electrons. The van der Waals surface area contributed by atoms with Crippen molar-refractivity contribution in [2.75, 3.05) is 17.6 Å². The van der Waals surface area contributed by atoms with Gasteiger partial charge in [-0.05, 0) is 49.3 Å². The van der Waals surface area contributed by atoms with Gasteiger partial charge in [0.1, 0.15) is 0 Å². The first-order chi connectivity index (χ1) is 8.69. The molecule has 0 unspecified atom stereocenters. The summed E-state index contributed by atoms with van der Waals surface area (Å²) in [6.45, 7) is 5.46. The Labute approximate surface area is 111 Å². The van der Waals surface area contributed by atoms with Crippen molar-refractivity contribution in [2.45, 2.75) is 46.0 Å². The van der Waals surface area contributed by atoms with Crippen molar-refractivity contribution in [3.05, 3.63) is 23.8 Å². The normalized spacial score (nSPS) is 23.9. The van der Waals surface area contributed by atoms with Gasteiger partial charge in [-0.1, -0.05) is 32.3 Å². The monoisotopic (exact) mass is 246 g/mol. The summed E-state index contributed by atoms with van der Waals surface area (Å²) in [6, 6.07) is 6.27. The summed E-state index contributed by atoms with van der Waals surface area (Å²) in [7, 11) is 0. The second kappa shape index (κ2) is 6.12. The number of benzene rings is 1. The molecule has 2 heteroatoms. The molecule has 1 aliphatic rings. The lowest BCUT2D eigenvalue weighted by Crippen LogP contribution is -2.21. The molecular weight excluding hydrogens is 220 g/mol. The summed E-state index contributed by atoms with van der Waals surface area (Å²) in [5, 5.41) is 3.54. The highest BCUT2D eigenvalue weighted by molar-refractivity contribution is 5.58. The fraction of sp³-hybridized carbons (Fsp3) is 0.625. The number of nitrogens with two attached hydrogens (primary N) is 1. The lowest BCUT2D eigenvalue weighted by atomic mass is 9.81. The van der Waals surface area contributed by atoms with Crippen molar-refractivity contribution in [1.29, 1.82) is 0 Å². The molecule has 0 radical (unpaired) electrons. The molecule has 2 rings (SSSR count). The molecule has 0 saturated heterocycles. The molecule has 1 saturated carbocycles. The molecule has 3 N–H and O–H groups in total. The Morgan fingerprint density at radius 3 is 2.44 bits per heavy atom. The quantitative estimate of drug-likeness (QED) is 0.781. The molecule has 1 aliphatic carbocycles. The maximum atomic E-state index is 5.93. The van der Waals surface area contributed by atoms with Crippen molar-refractivity contribution in [3.8, 4) is 0 Å². The lowest BCUT2D eigenvalue weighted by molar-refractivity contribution is 0.278. The SMILES string of the molecule is CCC1CCC(CNc2ccc(C)c(N)c2)CC1. The number of anilines is 2. The first-order valence-corrected chi connectivity index (χ1v) is 7.29. The van der Waals surface area contributed by atoms with E-state index >= 15 is 0 Å². The summed E-state index contributed by atoms with van der Waals surface area (Å²) < 4.78 is 0. The second-order valence-electron chi connectivity index (χ2n) is 5.75. The summed E-state index contributed by atoms with van der Waals surface area (Å²) in [4.78, 5) is 0. The van der Waals surface area contributed by atoms with Crippen molar-refractivity contribution in [1.82, 2.24) is 0 Å². The number of hydrogen-bond donors (Lipinski definition) is 2. The zero-order valence-electron chi connectivity index (χ0n) is 11.7. The second-order valence-corrected chi connectivity index (χ2v) is 5.75. The van der Waals surface area contributed by atoms with Gasteiger partial charge in [0.25, 0.3) is 0 Å². The van der Waals surface area contributed by atoms with Crippen molar-refractivity contribution in [2.24, 2.45) is 11.8 Å². The van der Waals surface area contributed by atoms with E-state index < -0.39 is 0 Å². The highest BCUT2D eigenvalue weighted by atomic mass is 14.9. The highest BCUT2D eigenvalue weighted by Crippen LogP contribution is 2.30. The van der Waals surface area contributed by atoms with Gasteiger partial charge in [-0.25, -0.2) is 0 Å². The van der Waals surface area contributed by atoms with Gasteiger partial charge in [0.2, 0.25) is 0 Å². The predicted octanol–water partition coefficient (Wildman–Crippen LogP) is 4.21. The molecule has 0 aromatic heterocycles. The van der Waals surface area contributed by atoms with Gasteiger partial charge in [0, 0.05) is 17.9 Å². The largest absolute Gasteiger partial charge is 0.398 e. The Hall–Kier alpha value is -1.18. The molecule has 1 fully saturated rings. The van der Waals surface area contributed by atoms with Gasteiger partial charge >= 0.3 is 0 Å². The number of nitrogens with one attached hydrogen (secondary N) is 1. The lowest BCUT2D eigenvalue weighted by Gasteiger charge is -2.28. The van der Waals surface area contributed by atoms with Crippen molar-refractivity contribution in [3.63, 3.8) is 0 Å². The summed E-state index contributed by atoms with van der Waals surface area (Å²) >= 11 is 0. The van der Waals surface area contributed by atoms with E-state index in [9.17, 15) is 0 Å². The van der Waals surface area contributed by atoms with Crippen LogP contribution in [0.5, 0.6) is 0 Å². The van der Waals surface area contributed by atoms with Crippen molar-refractivity contribution < 1.29 is 0 Å². The molecule has 0 bridgehead atoms. The molecule has 2 nitrogen and oxygen atoms in total. The van der Waals surface area contributed by atoms with E-state index in [-0.39, 0.29) is 0 Å². The maximum Gasteiger partial charge on any atom is 0.0364 e. The van der Waals surface area contributed by atoms with E-state index in [1.54, 1.807) is 0 Å². The van der Waals surface area contributed by atoms with E-state index in [4.69, 9.17) is 5.73 Å². The van der Waals surface area contributed by atoms with Crippen LogP contribution < -0.4 is 11.1 Å². The topological polar surface area (TPSA) is 38.0 Å². The Bertz CT molecular complexity index is 379. The predicted molar refractivity (Wildman–Crippen MR) is 79.8 cm³/mol. The number of aryl methyl sites for hydroxylation is 1. The fourth-order valence-electron chi connectivity index (χ4n) is 2.86. The van der Waals surface area contributed by atoms with Crippen molar-refractivity contribution >= 4 is 11.4 Å². The minimum absolute atomic E-state index is 0.843. The molecule has 18 heavy (non-hydrogen) atoms. The van der Waals surface area contributed by atoms with Gasteiger partial charge in [0.05, 0.1) is 0 Å². The van der Waals surface area contributed by atoms with Gasteiger partial charge in [-0.2, -0.15) is 0 Å². The van der Waals surface area contributed by atoms with Crippen LogP contribution in [0.2, 0.25) is 0 Å². The molecule has 0 amide bonds. The first kappa shape index (κ1) is 13.3. The minimum atomic E-state index is 0.843. The van der Waals surface area contributed by atoms with Gasteiger partial charge in [0.15, 0.2) is 0 Å². The van der Waals surface area contributed by atoms with Crippen LogP contribution in [-0.2, 0) is 0 Å². The highest BCUT2D eigenvalue weighted by Gasteiger charge is 2.19. The third kappa shape index (κ3) is 3.41. The maximum absolute atomic E-state index is 5.93. The smallest absolute Gasteiger partial charge is 0.0364 e. The first-order valence-electron chi connectivity index (χ1n) is 7.29. The van der Waals surface area contributed by atoms with Crippen LogP contribution in [0.4, 0.5) is 11.4 Å². The number of nitrogen functional groups attached to an aromatic ring is 1. The minimum Gasteiger partial charge on any atom is -0.398 e. The zero-order chi connectivity index (χ0) is 13.0. The van der Waals surface area contributed by atoms with E-state index in [2.05, 4.69) is 24.4 Å². The molecular formula is C16H26N2. The Balaban J connectivity index is 1.79. The van der Waals surface area contributed by atoms with Crippen LogP contribution in [0.15, 0.2) is 18.2 Å². The molecule has 1 aromatic carbocycles. The molecule has 0 aliphatic heterocycles. The molecule has 0 heterocycles. The molecule has 0 spiro atoms. The third-order valence-corrected chi connectivity index (χ3v) is 4.42. The van der Waals surface area contributed by atoms with Crippen LogP contribution in [0.1, 0.15) is 44.6 Å². The molecule has 0 atom stereocenters. The standard InChI is InChI=1S/C16H26N2/c1-3-13-5-7-14(8-6-13)11-18-15-9-4-12(2)16(17)10-15/h4,9-10,13-14,18H,3,5-8,11,17H2,1-2H3. The Kier molecular flexibility index (Phi) is 4.51. The van der Waals surface area contributed by atoms with E-state index in [0.717, 1.165) is 35.3 Å². The summed E-state index contributed by atoms with van der Waals surface area (Å²) in [6.07, 6.45) is 6.95. The van der Waals surface area contributed by atoms with Crippen LogP contribution in [0, 0.1) is 18.8 Å². The van der Waals surface area contributed by atoms with Crippen LogP contribution in [0.3, 0.4) is 0 Å². The fourth-order valence-corrected chi connectivity index (χ4v) is 2.86. The zero-order valence-corrected chi connectivity index (χ0v) is 11.7. The summed E-state index contributed by atoms with van der Waals surface area (Å²) in [5.74, 6) is 1.83. The summed E-state index contributed by atoms with van der Waals surface area (Å²) in [5.41, 5.74) is 9.13. The number of rotatable bonds is 4. The Morgan fingerprint density at radius 2 is 1.83 bits per heavy atom. The van der Waals surface area contributed by atoms with E-state index in [1.165, 1.54) is 32.1 Å². The van der Waals surface area contributed by atoms with Crippen LogP contribution in [-0.4, -0.2) is 6.54 Å². The van der Waals surface area contributed by atoms with E-state index in [1.807, 2.05) is 13.0 Å². The third-order valence-electron chi connectivity index (χ3n) is 4.42. The van der Waals surface area contributed by atoms with Crippen LogP contribution >= 0.6 is 0 Å². The van der Waals surface area contributed by atoms with Crippen LogP contribution in [0.25, 0.3) is 0 Å². The molecule has 1 aromatic rings. The van der Waals surface area contributed by atoms with E-state index in [0.29, 0.717) is 0 Å². The van der Waals surface area contributed by atoms with Gasteiger partial charge in [-0.3, -0.25) is 0 Å². The average molecular weight is 246 g/mol. The van der Waals surface area contributed by atoms with Gasteiger partial charge < -0.3 is 11.1 Å².